The molecular formula is C33H38F7N3O4. The lowest BCUT2D eigenvalue weighted by Crippen LogP contribution is -2.50. The molecule has 0 radical (unpaired) electrons. The monoisotopic (exact) mass is 673 g/mol. The maximum absolute atomic E-state index is 14.0. The van der Waals surface area contributed by atoms with Crippen LogP contribution in [0, 0.1) is 24.6 Å². The zero-order valence-corrected chi connectivity index (χ0v) is 26.3. The number of aryl methyl sites for hydroxylation is 1. The van der Waals surface area contributed by atoms with Crippen molar-refractivity contribution in [2.45, 2.75) is 69.9 Å². The third-order valence-electron chi connectivity index (χ3n) is 9.03. The number of nitrogens with one attached hydrogen (secondary N) is 1. The molecule has 0 spiro atoms. The summed E-state index contributed by atoms with van der Waals surface area (Å²) >= 11 is 0. The van der Waals surface area contributed by atoms with Crippen LogP contribution in [0.15, 0.2) is 36.4 Å². The van der Waals surface area contributed by atoms with Crippen molar-refractivity contribution in [1.29, 1.82) is 0 Å². The molecule has 4 rings (SSSR count). The Labute approximate surface area is 268 Å². The zero-order chi connectivity index (χ0) is 34.7. The fourth-order valence-electron chi connectivity index (χ4n) is 6.71. The van der Waals surface area contributed by atoms with E-state index in [1.54, 1.807) is 17.9 Å². The first-order valence-electron chi connectivity index (χ1n) is 15.3. The van der Waals surface area contributed by atoms with Crippen molar-refractivity contribution in [3.63, 3.8) is 0 Å². The summed E-state index contributed by atoms with van der Waals surface area (Å²) in [4.78, 5) is 42.2. The van der Waals surface area contributed by atoms with E-state index in [2.05, 4.69) is 5.32 Å². The van der Waals surface area contributed by atoms with Gasteiger partial charge in [0.25, 0.3) is 0 Å². The lowest BCUT2D eigenvalue weighted by Gasteiger charge is -2.42. The minimum absolute atomic E-state index is 0.0370. The Morgan fingerprint density at radius 1 is 0.936 bits per heavy atom. The maximum atomic E-state index is 14.0. The number of methoxy groups -OCH3 is 1. The molecule has 1 heterocycles. The number of halogens is 7. The lowest BCUT2D eigenvalue weighted by molar-refractivity contribution is -0.144. The van der Waals surface area contributed by atoms with Crippen LogP contribution in [0.2, 0.25) is 0 Å². The molecule has 2 aromatic carbocycles. The predicted molar refractivity (Wildman–Crippen MR) is 157 cm³/mol. The SMILES string of the molecule is COCC(=O)NC1CCC(C(=O)N2CCC(C(=O)N(C)Cc3cc(C(F)(F)F)cc(C(F)(F)F)c3)C(c3ccc(F)cc3C)C2)CC1. The highest BCUT2D eigenvalue weighted by atomic mass is 19.4. The Morgan fingerprint density at radius 2 is 1.55 bits per heavy atom. The third kappa shape index (κ3) is 9.02. The second-order valence-corrected chi connectivity index (χ2v) is 12.4. The van der Waals surface area contributed by atoms with Crippen molar-refractivity contribution in [3.05, 3.63) is 70.0 Å². The number of hydrogen-bond donors (Lipinski definition) is 1. The van der Waals surface area contributed by atoms with Crippen LogP contribution >= 0.6 is 0 Å². The van der Waals surface area contributed by atoms with Crippen molar-refractivity contribution in [2.24, 2.45) is 11.8 Å². The average Bonchev–Trinajstić information content (AvgIpc) is 2.99. The van der Waals surface area contributed by atoms with Crippen LogP contribution < -0.4 is 5.32 Å². The number of carbonyl (C=O) groups excluding carboxylic acids is 3. The van der Waals surface area contributed by atoms with Gasteiger partial charge in [-0.15, -0.1) is 0 Å². The Kier molecular flexibility index (Phi) is 11.2. The predicted octanol–water partition coefficient (Wildman–Crippen LogP) is 6.08. The highest BCUT2D eigenvalue weighted by molar-refractivity contribution is 5.82. The number of piperidine rings is 1. The molecule has 14 heteroatoms. The number of carbonyl (C=O) groups is 3. The first kappa shape index (κ1) is 36.2. The van der Waals surface area contributed by atoms with Gasteiger partial charge in [0, 0.05) is 57.6 Å². The van der Waals surface area contributed by atoms with Crippen LogP contribution in [0.5, 0.6) is 0 Å². The molecule has 258 valence electrons. The van der Waals surface area contributed by atoms with E-state index < -0.39 is 53.6 Å². The Hall–Kier alpha value is -3.68. The summed E-state index contributed by atoms with van der Waals surface area (Å²) in [7, 11) is 2.74. The molecule has 1 N–H and O–H groups in total. The van der Waals surface area contributed by atoms with Crippen molar-refractivity contribution < 1.29 is 49.9 Å². The summed E-state index contributed by atoms with van der Waals surface area (Å²) < 4.78 is 99.5. The van der Waals surface area contributed by atoms with Gasteiger partial charge in [-0.1, -0.05) is 6.07 Å². The number of likely N-dealkylation sites (tertiary alicyclic amines) is 1. The van der Waals surface area contributed by atoms with Crippen molar-refractivity contribution in [3.8, 4) is 0 Å². The topological polar surface area (TPSA) is 79.0 Å². The van der Waals surface area contributed by atoms with Gasteiger partial charge in [-0.05, 0) is 86.1 Å². The van der Waals surface area contributed by atoms with Gasteiger partial charge in [0.2, 0.25) is 17.7 Å². The fraction of sp³-hybridized carbons (Fsp3) is 0.545. The van der Waals surface area contributed by atoms with Crippen LogP contribution in [0.4, 0.5) is 30.7 Å². The molecule has 47 heavy (non-hydrogen) atoms. The van der Waals surface area contributed by atoms with E-state index in [9.17, 15) is 45.1 Å². The quantitative estimate of drug-likeness (QED) is 0.345. The van der Waals surface area contributed by atoms with E-state index in [4.69, 9.17) is 4.74 Å². The summed E-state index contributed by atoms with van der Waals surface area (Å²) in [6.45, 7) is 1.45. The molecule has 3 amide bonds. The van der Waals surface area contributed by atoms with Gasteiger partial charge in [-0.2, -0.15) is 26.3 Å². The van der Waals surface area contributed by atoms with E-state index in [1.165, 1.54) is 26.3 Å². The maximum Gasteiger partial charge on any atom is 0.416 e. The molecule has 2 aliphatic rings. The zero-order valence-electron chi connectivity index (χ0n) is 26.3. The smallest absolute Gasteiger partial charge is 0.375 e. The Morgan fingerprint density at radius 3 is 2.11 bits per heavy atom. The summed E-state index contributed by atoms with van der Waals surface area (Å²) in [6.07, 6.45) is -7.55. The molecule has 0 aromatic heterocycles. The van der Waals surface area contributed by atoms with Crippen LogP contribution in [0.3, 0.4) is 0 Å². The number of ether oxygens (including phenoxy) is 1. The second-order valence-electron chi connectivity index (χ2n) is 12.4. The van der Waals surface area contributed by atoms with Gasteiger partial charge in [0.05, 0.1) is 11.1 Å². The summed E-state index contributed by atoms with van der Waals surface area (Å²) in [6, 6.07) is 5.25. The van der Waals surface area contributed by atoms with Gasteiger partial charge >= 0.3 is 12.4 Å². The number of amides is 3. The van der Waals surface area contributed by atoms with Gasteiger partial charge in [-0.25, -0.2) is 4.39 Å². The number of alkyl halides is 6. The van der Waals surface area contributed by atoms with Crippen LogP contribution in [-0.2, 0) is 38.0 Å². The van der Waals surface area contributed by atoms with Crippen LogP contribution in [0.1, 0.15) is 65.8 Å². The van der Waals surface area contributed by atoms with Crippen LogP contribution in [0.25, 0.3) is 0 Å². The minimum Gasteiger partial charge on any atom is -0.375 e. The highest BCUT2D eigenvalue weighted by Gasteiger charge is 2.41. The molecule has 1 saturated carbocycles. The molecule has 2 atom stereocenters. The molecule has 1 aliphatic carbocycles. The van der Waals surface area contributed by atoms with Crippen molar-refractivity contribution >= 4 is 17.7 Å². The van der Waals surface area contributed by atoms with E-state index >= 15 is 0 Å². The van der Waals surface area contributed by atoms with Gasteiger partial charge in [0.1, 0.15) is 12.4 Å². The van der Waals surface area contributed by atoms with Gasteiger partial charge in [0.15, 0.2) is 0 Å². The Bertz CT molecular complexity index is 1420. The summed E-state index contributed by atoms with van der Waals surface area (Å²) in [5, 5.41) is 2.89. The normalized spacial score (nSPS) is 22.1. The molecule has 7 nitrogen and oxygen atoms in total. The van der Waals surface area contributed by atoms with E-state index in [0.29, 0.717) is 48.9 Å². The van der Waals surface area contributed by atoms with E-state index in [0.717, 1.165) is 4.90 Å². The third-order valence-corrected chi connectivity index (χ3v) is 9.03. The van der Waals surface area contributed by atoms with E-state index in [1.807, 2.05) is 0 Å². The molecule has 2 unspecified atom stereocenters. The van der Waals surface area contributed by atoms with Gasteiger partial charge in [-0.3, -0.25) is 14.4 Å². The molecule has 2 aromatic rings. The van der Waals surface area contributed by atoms with Crippen LogP contribution in [-0.4, -0.2) is 67.4 Å². The molecule has 1 saturated heterocycles. The minimum atomic E-state index is -5.03. The number of nitrogens with zero attached hydrogens (tertiary/aromatic N) is 2. The molecular weight excluding hydrogens is 635 g/mol. The lowest BCUT2D eigenvalue weighted by atomic mass is 9.77. The second kappa shape index (κ2) is 14.6. The molecule has 1 aliphatic heterocycles. The first-order valence-corrected chi connectivity index (χ1v) is 15.3. The van der Waals surface area contributed by atoms with Gasteiger partial charge < -0.3 is 19.9 Å². The largest absolute Gasteiger partial charge is 0.416 e. The van der Waals surface area contributed by atoms with Crippen molar-refractivity contribution in [2.75, 3.05) is 33.9 Å². The number of rotatable bonds is 8. The fourth-order valence-corrected chi connectivity index (χ4v) is 6.71. The molecule has 0 bridgehead atoms. The average molecular weight is 674 g/mol. The Balaban J connectivity index is 1.53. The highest BCUT2D eigenvalue weighted by Crippen LogP contribution is 2.39. The molecule has 2 fully saturated rings. The number of hydrogen-bond acceptors (Lipinski definition) is 4. The summed E-state index contributed by atoms with van der Waals surface area (Å²) in [5.74, 6) is -2.99. The van der Waals surface area contributed by atoms with E-state index in [-0.39, 0.29) is 61.5 Å². The van der Waals surface area contributed by atoms with Crippen molar-refractivity contribution in [1.82, 2.24) is 15.1 Å². The number of benzene rings is 2. The standard InChI is InChI=1S/C33H38F7N3O4/c1-19-12-24(34)6-9-26(19)28-17-43(30(45)21-4-7-25(8-5-21)41-29(44)18-47-3)11-10-27(28)31(46)42(2)16-20-13-22(32(35,36)37)15-23(14-20)33(38,39)40/h6,9,12-15,21,25,27-28H,4-5,7-8,10-11,16-18H2,1-3H3,(H,41,44). The summed E-state index contributed by atoms with van der Waals surface area (Å²) in [5.41, 5.74) is -2.11. The first-order chi connectivity index (χ1) is 22.0.